The number of ether oxygens (including phenoxy) is 1. The summed E-state index contributed by atoms with van der Waals surface area (Å²) in [6, 6.07) is 7.83. The van der Waals surface area contributed by atoms with Crippen molar-refractivity contribution >= 4 is 5.78 Å². The van der Waals surface area contributed by atoms with Crippen molar-refractivity contribution in [2.24, 2.45) is 0 Å². The number of benzene rings is 1. The molecule has 15 heavy (non-hydrogen) atoms. The molecule has 0 heterocycles. The van der Waals surface area contributed by atoms with E-state index in [2.05, 4.69) is 4.74 Å². The summed E-state index contributed by atoms with van der Waals surface area (Å²) >= 11 is 0. The van der Waals surface area contributed by atoms with Gasteiger partial charge >= 0.3 is 6.11 Å². The predicted molar refractivity (Wildman–Crippen MR) is 47.6 cm³/mol. The van der Waals surface area contributed by atoms with Crippen molar-refractivity contribution in [1.82, 2.24) is 0 Å². The molecule has 0 spiro atoms. The van der Waals surface area contributed by atoms with Gasteiger partial charge in [-0.2, -0.15) is 8.78 Å². The number of Topliss-reactive ketones (excluding diaryl/α,β-unsaturated/α-hetero) is 1. The Kier molecular flexibility index (Phi) is 3.85. The summed E-state index contributed by atoms with van der Waals surface area (Å²) in [6.45, 7) is -2.77. The van der Waals surface area contributed by atoms with Crippen LogP contribution in [0.1, 0.15) is 10.4 Å². The topological polar surface area (TPSA) is 26.3 Å². The molecule has 0 bridgehead atoms. The number of carbonyl (C=O) groups is 1. The first kappa shape index (κ1) is 11.7. The van der Waals surface area contributed by atoms with Gasteiger partial charge in [-0.3, -0.25) is 4.79 Å². The summed E-state index contributed by atoms with van der Waals surface area (Å²) in [5.74, 6) is -0.608. The van der Waals surface area contributed by atoms with Crippen molar-refractivity contribution in [3.05, 3.63) is 35.9 Å². The highest BCUT2D eigenvalue weighted by molar-refractivity contribution is 5.97. The number of ketones is 1. The van der Waals surface area contributed by atoms with Gasteiger partial charge in [-0.25, -0.2) is 4.39 Å². The van der Waals surface area contributed by atoms with Gasteiger partial charge in [0.2, 0.25) is 0 Å². The van der Waals surface area contributed by atoms with Crippen LogP contribution >= 0.6 is 0 Å². The minimum absolute atomic E-state index is 0.257. The average molecular weight is 218 g/mol. The number of hydrogen-bond donors (Lipinski definition) is 0. The van der Waals surface area contributed by atoms with Crippen LogP contribution < -0.4 is 0 Å². The minimum atomic E-state index is -3.88. The highest BCUT2D eigenvalue weighted by Crippen LogP contribution is 2.16. The number of rotatable bonds is 5. The van der Waals surface area contributed by atoms with Crippen molar-refractivity contribution < 1.29 is 22.7 Å². The Morgan fingerprint density at radius 1 is 1.27 bits per heavy atom. The van der Waals surface area contributed by atoms with Gasteiger partial charge in [0.15, 0.2) is 12.5 Å². The fourth-order valence-corrected chi connectivity index (χ4v) is 0.917. The molecule has 2 nitrogen and oxygen atoms in total. The molecule has 0 aliphatic carbocycles. The molecular formula is C10H9F3O2. The quantitative estimate of drug-likeness (QED) is 0.709. The van der Waals surface area contributed by atoms with E-state index in [0.29, 0.717) is 0 Å². The van der Waals surface area contributed by atoms with Crippen LogP contribution in [0.4, 0.5) is 13.2 Å². The van der Waals surface area contributed by atoms with E-state index in [-0.39, 0.29) is 5.56 Å². The van der Waals surface area contributed by atoms with E-state index in [0.717, 1.165) is 0 Å². The number of halogens is 3. The van der Waals surface area contributed by atoms with E-state index in [1.165, 1.54) is 12.1 Å². The average Bonchev–Trinajstić information content (AvgIpc) is 2.27. The SMILES string of the molecule is O=C(COC(F)(F)CF)c1ccccc1. The van der Waals surface area contributed by atoms with Crippen LogP contribution in [0.15, 0.2) is 30.3 Å². The summed E-state index contributed by atoms with van der Waals surface area (Å²) in [5.41, 5.74) is 0.257. The molecule has 1 aromatic rings. The van der Waals surface area contributed by atoms with E-state index >= 15 is 0 Å². The van der Waals surface area contributed by atoms with Crippen LogP contribution in [0.3, 0.4) is 0 Å². The second-order valence-electron chi connectivity index (χ2n) is 2.85. The third kappa shape index (κ3) is 3.71. The molecule has 0 atom stereocenters. The normalized spacial score (nSPS) is 11.4. The smallest absolute Gasteiger partial charge is 0.310 e. The Labute approximate surface area is 84.7 Å². The van der Waals surface area contributed by atoms with Crippen molar-refractivity contribution in [2.75, 3.05) is 13.3 Å². The fraction of sp³-hybridized carbons (Fsp3) is 0.300. The molecule has 0 saturated heterocycles. The van der Waals surface area contributed by atoms with Gasteiger partial charge in [0.25, 0.3) is 0 Å². The summed E-state index contributed by atoms with van der Waals surface area (Å²) in [5, 5.41) is 0. The van der Waals surface area contributed by atoms with Crippen molar-refractivity contribution in [2.45, 2.75) is 6.11 Å². The van der Waals surface area contributed by atoms with Gasteiger partial charge < -0.3 is 4.74 Å². The third-order valence-electron chi connectivity index (χ3n) is 1.67. The molecule has 0 aliphatic heterocycles. The van der Waals surface area contributed by atoms with Crippen LogP contribution in [-0.2, 0) is 4.74 Å². The van der Waals surface area contributed by atoms with E-state index in [1.54, 1.807) is 18.2 Å². The molecule has 1 aromatic carbocycles. The van der Waals surface area contributed by atoms with E-state index in [1.807, 2.05) is 0 Å². The van der Waals surface area contributed by atoms with Crippen LogP contribution in [0.2, 0.25) is 0 Å². The Morgan fingerprint density at radius 3 is 2.40 bits per heavy atom. The number of hydrogen-bond acceptors (Lipinski definition) is 2. The molecular weight excluding hydrogens is 209 g/mol. The van der Waals surface area contributed by atoms with Gasteiger partial charge in [0.1, 0.15) is 6.61 Å². The monoisotopic (exact) mass is 218 g/mol. The maximum atomic E-state index is 12.3. The first-order valence-electron chi connectivity index (χ1n) is 4.21. The van der Waals surface area contributed by atoms with E-state index in [9.17, 15) is 18.0 Å². The molecule has 0 saturated carbocycles. The van der Waals surface area contributed by atoms with Gasteiger partial charge in [-0.05, 0) is 0 Å². The lowest BCUT2D eigenvalue weighted by atomic mass is 10.1. The van der Waals surface area contributed by atoms with Crippen LogP contribution in [-0.4, -0.2) is 25.2 Å². The first-order valence-corrected chi connectivity index (χ1v) is 4.21. The summed E-state index contributed by atoms with van der Waals surface area (Å²) in [4.78, 5) is 11.2. The molecule has 0 unspecified atom stereocenters. The van der Waals surface area contributed by atoms with E-state index in [4.69, 9.17) is 0 Å². The van der Waals surface area contributed by atoms with Crippen molar-refractivity contribution in [3.63, 3.8) is 0 Å². The van der Waals surface area contributed by atoms with Gasteiger partial charge in [-0.1, -0.05) is 30.3 Å². The molecule has 82 valence electrons. The summed E-state index contributed by atoms with van der Waals surface area (Å²) in [7, 11) is 0. The summed E-state index contributed by atoms with van der Waals surface area (Å²) < 4.78 is 40.0. The molecule has 0 aliphatic rings. The molecule has 1 rings (SSSR count). The summed E-state index contributed by atoms with van der Waals surface area (Å²) in [6.07, 6.45) is -3.88. The molecule has 0 amide bonds. The largest absolute Gasteiger partial charge is 0.384 e. The van der Waals surface area contributed by atoms with Crippen LogP contribution in [0.25, 0.3) is 0 Å². The second kappa shape index (κ2) is 4.93. The Hall–Kier alpha value is -1.36. The standard InChI is InChI=1S/C10H9F3O2/c11-7-10(12,13)15-6-9(14)8-4-2-1-3-5-8/h1-5H,6-7H2. The number of carbonyl (C=O) groups excluding carboxylic acids is 1. The molecule has 0 radical (unpaired) electrons. The lowest BCUT2D eigenvalue weighted by molar-refractivity contribution is -0.238. The lowest BCUT2D eigenvalue weighted by Crippen LogP contribution is -2.26. The van der Waals surface area contributed by atoms with Crippen molar-refractivity contribution in [1.29, 1.82) is 0 Å². The predicted octanol–water partition coefficient (Wildman–Crippen LogP) is 2.45. The lowest BCUT2D eigenvalue weighted by Gasteiger charge is -2.11. The Balaban J connectivity index is 2.51. The molecule has 5 heteroatoms. The maximum Gasteiger partial charge on any atom is 0.384 e. The molecule has 0 N–H and O–H groups in total. The second-order valence-corrected chi connectivity index (χ2v) is 2.85. The maximum absolute atomic E-state index is 12.3. The Morgan fingerprint density at radius 2 is 1.87 bits per heavy atom. The fourth-order valence-electron chi connectivity index (χ4n) is 0.917. The van der Waals surface area contributed by atoms with Gasteiger partial charge in [0.05, 0.1) is 0 Å². The van der Waals surface area contributed by atoms with Gasteiger partial charge in [-0.15, -0.1) is 0 Å². The van der Waals surface area contributed by atoms with Crippen LogP contribution in [0, 0.1) is 0 Å². The highest BCUT2D eigenvalue weighted by Gasteiger charge is 2.30. The zero-order valence-electron chi connectivity index (χ0n) is 7.75. The minimum Gasteiger partial charge on any atom is -0.310 e. The third-order valence-corrected chi connectivity index (χ3v) is 1.67. The number of alkyl halides is 3. The molecule has 0 aromatic heterocycles. The highest BCUT2D eigenvalue weighted by atomic mass is 19.3. The zero-order chi connectivity index (χ0) is 11.3. The zero-order valence-corrected chi connectivity index (χ0v) is 7.75. The van der Waals surface area contributed by atoms with Crippen LogP contribution in [0.5, 0.6) is 0 Å². The Bertz CT molecular complexity index is 325. The van der Waals surface area contributed by atoms with Gasteiger partial charge in [0, 0.05) is 5.56 Å². The first-order chi connectivity index (χ1) is 7.05. The van der Waals surface area contributed by atoms with Crippen molar-refractivity contribution in [3.8, 4) is 0 Å². The van der Waals surface area contributed by atoms with E-state index < -0.39 is 25.2 Å². The molecule has 0 fully saturated rings.